The maximum absolute atomic E-state index is 9.47. The molecule has 0 aliphatic heterocycles. The second kappa shape index (κ2) is 5.80. The minimum Gasteiger partial charge on any atom is -0.389 e. The van der Waals surface area contributed by atoms with E-state index in [1.54, 1.807) is 14.0 Å². The fourth-order valence-corrected chi connectivity index (χ4v) is 1.91. The highest BCUT2D eigenvalue weighted by molar-refractivity contribution is 5.64. The summed E-state index contributed by atoms with van der Waals surface area (Å²) in [4.78, 5) is 0. The van der Waals surface area contributed by atoms with Gasteiger partial charge in [-0.05, 0) is 29.2 Å². The average molecular weight is 242 g/mol. The van der Waals surface area contributed by atoms with Gasteiger partial charge in [-0.3, -0.25) is 0 Å². The third-order valence-corrected chi connectivity index (χ3v) is 2.99. The Balaban J connectivity index is 2.20. The molecule has 0 aromatic heterocycles. The van der Waals surface area contributed by atoms with Crippen molar-refractivity contribution in [2.24, 2.45) is 0 Å². The zero-order valence-electron chi connectivity index (χ0n) is 10.8. The minimum absolute atomic E-state index is 0.414. The van der Waals surface area contributed by atoms with Gasteiger partial charge >= 0.3 is 0 Å². The molecule has 94 valence electrons. The number of aliphatic hydroxyl groups excluding tert-OH is 1. The van der Waals surface area contributed by atoms with Crippen LogP contribution < -0.4 is 0 Å². The van der Waals surface area contributed by atoms with Gasteiger partial charge in [0.05, 0.1) is 12.7 Å². The second-order valence-electron chi connectivity index (χ2n) is 4.43. The van der Waals surface area contributed by atoms with Crippen LogP contribution in [-0.4, -0.2) is 12.2 Å². The van der Waals surface area contributed by atoms with Crippen molar-refractivity contribution in [3.63, 3.8) is 0 Å². The molecule has 2 rings (SSSR count). The zero-order valence-corrected chi connectivity index (χ0v) is 10.8. The van der Waals surface area contributed by atoms with E-state index in [9.17, 15) is 5.11 Å². The standard InChI is InChI=1S/C16H18O2/c1-12(17)14-7-9-16(10-8-14)15-5-3-13(4-6-15)11-18-2/h3-10,12,17H,11H2,1-2H3. The first-order chi connectivity index (χ1) is 8.70. The third kappa shape index (κ3) is 2.97. The van der Waals surface area contributed by atoms with Crippen LogP contribution in [0.5, 0.6) is 0 Å². The van der Waals surface area contributed by atoms with Gasteiger partial charge in [0, 0.05) is 7.11 Å². The van der Waals surface area contributed by atoms with Gasteiger partial charge in [-0.1, -0.05) is 48.5 Å². The summed E-state index contributed by atoms with van der Waals surface area (Å²) >= 11 is 0. The zero-order chi connectivity index (χ0) is 13.0. The molecule has 0 amide bonds. The number of aliphatic hydroxyl groups is 1. The molecule has 1 atom stereocenters. The lowest BCUT2D eigenvalue weighted by Crippen LogP contribution is -1.90. The monoisotopic (exact) mass is 242 g/mol. The van der Waals surface area contributed by atoms with E-state index < -0.39 is 6.10 Å². The van der Waals surface area contributed by atoms with Crippen molar-refractivity contribution in [3.8, 4) is 11.1 Å². The SMILES string of the molecule is COCc1ccc(-c2ccc(C(C)O)cc2)cc1. The molecule has 1 N–H and O–H groups in total. The van der Waals surface area contributed by atoms with E-state index in [1.807, 2.05) is 24.3 Å². The van der Waals surface area contributed by atoms with Crippen molar-refractivity contribution in [2.75, 3.05) is 7.11 Å². The highest BCUT2D eigenvalue weighted by Crippen LogP contribution is 2.22. The lowest BCUT2D eigenvalue weighted by Gasteiger charge is -2.07. The summed E-state index contributed by atoms with van der Waals surface area (Å²) in [5, 5.41) is 9.47. The van der Waals surface area contributed by atoms with E-state index in [0.29, 0.717) is 6.61 Å². The van der Waals surface area contributed by atoms with Crippen LogP contribution in [0.2, 0.25) is 0 Å². The van der Waals surface area contributed by atoms with Gasteiger partial charge in [0.2, 0.25) is 0 Å². The molecule has 0 saturated heterocycles. The molecule has 0 spiro atoms. The normalized spacial score (nSPS) is 12.4. The van der Waals surface area contributed by atoms with Crippen molar-refractivity contribution in [1.82, 2.24) is 0 Å². The number of rotatable bonds is 4. The lowest BCUT2D eigenvalue weighted by atomic mass is 10.0. The number of hydrogen-bond donors (Lipinski definition) is 1. The van der Waals surface area contributed by atoms with Gasteiger partial charge in [-0.15, -0.1) is 0 Å². The molecule has 18 heavy (non-hydrogen) atoms. The Morgan fingerprint density at radius 1 is 0.944 bits per heavy atom. The topological polar surface area (TPSA) is 29.5 Å². The van der Waals surface area contributed by atoms with E-state index in [-0.39, 0.29) is 0 Å². The maximum atomic E-state index is 9.47. The Bertz CT molecular complexity index is 484. The molecule has 0 aliphatic carbocycles. The van der Waals surface area contributed by atoms with Gasteiger partial charge in [0.25, 0.3) is 0 Å². The van der Waals surface area contributed by atoms with Crippen molar-refractivity contribution in [1.29, 1.82) is 0 Å². The average Bonchev–Trinajstić information content (AvgIpc) is 2.40. The van der Waals surface area contributed by atoms with Crippen LogP contribution in [0.15, 0.2) is 48.5 Å². The predicted octanol–water partition coefficient (Wildman–Crippen LogP) is 3.55. The van der Waals surface area contributed by atoms with Crippen LogP contribution in [0.4, 0.5) is 0 Å². The summed E-state index contributed by atoms with van der Waals surface area (Å²) in [6.07, 6.45) is -0.414. The Labute approximate surface area is 108 Å². The third-order valence-electron chi connectivity index (χ3n) is 2.99. The molecule has 0 heterocycles. The minimum atomic E-state index is -0.414. The number of benzene rings is 2. The summed E-state index contributed by atoms with van der Waals surface area (Å²) in [6, 6.07) is 16.3. The van der Waals surface area contributed by atoms with Gasteiger partial charge < -0.3 is 9.84 Å². The summed E-state index contributed by atoms with van der Waals surface area (Å²) in [5.74, 6) is 0. The highest BCUT2D eigenvalue weighted by Gasteiger charge is 2.02. The molecule has 2 heteroatoms. The van der Waals surface area contributed by atoms with Crippen LogP contribution in [-0.2, 0) is 11.3 Å². The van der Waals surface area contributed by atoms with Gasteiger partial charge in [0.15, 0.2) is 0 Å². The summed E-state index contributed by atoms with van der Waals surface area (Å²) in [5.41, 5.74) is 4.44. The van der Waals surface area contributed by atoms with Crippen LogP contribution >= 0.6 is 0 Å². The fraction of sp³-hybridized carbons (Fsp3) is 0.250. The van der Waals surface area contributed by atoms with Crippen LogP contribution in [0.25, 0.3) is 11.1 Å². The maximum Gasteiger partial charge on any atom is 0.0761 e. The highest BCUT2D eigenvalue weighted by atomic mass is 16.5. The predicted molar refractivity (Wildman–Crippen MR) is 73.2 cm³/mol. The van der Waals surface area contributed by atoms with E-state index in [2.05, 4.69) is 24.3 Å². The van der Waals surface area contributed by atoms with Crippen molar-refractivity contribution in [2.45, 2.75) is 19.6 Å². The molecule has 0 bridgehead atoms. The molecule has 2 nitrogen and oxygen atoms in total. The van der Waals surface area contributed by atoms with E-state index in [1.165, 1.54) is 11.1 Å². The Morgan fingerprint density at radius 2 is 1.44 bits per heavy atom. The Morgan fingerprint density at radius 3 is 1.89 bits per heavy atom. The number of ether oxygens (including phenoxy) is 1. The van der Waals surface area contributed by atoms with Gasteiger partial charge in [0.1, 0.15) is 0 Å². The Hall–Kier alpha value is -1.64. The van der Waals surface area contributed by atoms with Crippen LogP contribution in [0.1, 0.15) is 24.2 Å². The van der Waals surface area contributed by atoms with E-state index >= 15 is 0 Å². The van der Waals surface area contributed by atoms with Crippen molar-refractivity contribution in [3.05, 3.63) is 59.7 Å². The molecule has 1 unspecified atom stereocenters. The van der Waals surface area contributed by atoms with Crippen LogP contribution in [0, 0.1) is 0 Å². The number of methoxy groups -OCH3 is 1. The van der Waals surface area contributed by atoms with Gasteiger partial charge in [-0.25, -0.2) is 0 Å². The summed E-state index contributed by atoms with van der Waals surface area (Å²) in [6.45, 7) is 2.41. The first-order valence-electron chi connectivity index (χ1n) is 6.07. The lowest BCUT2D eigenvalue weighted by molar-refractivity contribution is 0.185. The second-order valence-corrected chi connectivity index (χ2v) is 4.43. The molecular weight excluding hydrogens is 224 g/mol. The fourth-order valence-electron chi connectivity index (χ4n) is 1.91. The summed E-state index contributed by atoms with van der Waals surface area (Å²) < 4.78 is 5.09. The first-order valence-corrected chi connectivity index (χ1v) is 6.07. The van der Waals surface area contributed by atoms with E-state index in [4.69, 9.17) is 4.74 Å². The Kier molecular flexibility index (Phi) is 4.13. The first kappa shape index (κ1) is 12.8. The quantitative estimate of drug-likeness (QED) is 0.888. The van der Waals surface area contributed by atoms with Crippen molar-refractivity contribution < 1.29 is 9.84 Å². The van der Waals surface area contributed by atoms with Crippen molar-refractivity contribution >= 4 is 0 Å². The molecular formula is C16H18O2. The molecule has 0 saturated carbocycles. The molecule has 0 aliphatic rings. The van der Waals surface area contributed by atoms with E-state index in [0.717, 1.165) is 11.1 Å². The molecule has 0 radical (unpaired) electrons. The molecule has 0 fully saturated rings. The van der Waals surface area contributed by atoms with Gasteiger partial charge in [-0.2, -0.15) is 0 Å². The smallest absolute Gasteiger partial charge is 0.0761 e. The molecule has 2 aromatic carbocycles. The van der Waals surface area contributed by atoms with Crippen LogP contribution in [0.3, 0.4) is 0 Å². The molecule has 2 aromatic rings. The largest absolute Gasteiger partial charge is 0.389 e. The summed E-state index contributed by atoms with van der Waals surface area (Å²) in [7, 11) is 1.70. The number of hydrogen-bond acceptors (Lipinski definition) is 2.